The van der Waals surface area contributed by atoms with Crippen LogP contribution in [0.3, 0.4) is 0 Å². The molecule has 1 saturated heterocycles. The number of piperidine rings is 1. The molecule has 0 aromatic heterocycles. The lowest BCUT2D eigenvalue weighted by atomic mass is 9.93. The summed E-state index contributed by atoms with van der Waals surface area (Å²) in [4.78, 5) is 2.40. The van der Waals surface area contributed by atoms with E-state index in [9.17, 15) is 5.11 Å². The molecule has 1 aromatic carbocycles. The monoisotopic (exact) mass is 262 g/mol. The molecule has 3 heteroatoms. The minimum absolute atomic E-state index is 0.484. The van der Waals surface area contributed by atoms with Crippen molar-refractivity contribution in [1.29, 1.82) is 0 Å². The summed E-state index contributed by atoms with van der Waals surface area (Å²) in [5.74, 6) is 0. The predicted molar refractivity (Wildman–Crippen MR) is 80.5 cm³/mol. The molecule has 2 rings (SSSR count). The standard InChI is InChI=1S/C16H26N2O/c1-13(2)17-12-14-6-4-5-7-15(14)18-10-8-16(3,19)9-11-18/h4-7,13,17,19H,8-12H2,1-3H3. The van der Waals surface area contributed by atoms with Crippen molar-refractivity contribution in [3.05, 3.63) is 29.8 Å². The van der Waals surface area contributed by atoms with Crippen molar-refractivity contribution in [3.63, 3.8) is 0 Å². The zero-order valence-electron chi connectivity index (χ0n) is 12.3. The van der Waals surface area contributed by atoms with Gasteiger partial charge in [-0.25, -0.2) is 0 Å². The highest BCUT2D eigenvalue weighted by molar-refractivity contribution is 5.54. The number of benzene rings is 1. The van der Waals surface area contributed by atoms with Crippen molar-refractivity contribution in [2.24, 2.45) is 0 Å². The Labute approximate surface area is 116 Å². The molecule has 1 fully saturated rings. The highest BCUT2D eigenvalue weighted by atomic mass is 16.3. The Morgan fingerprint density at radius 2 is 1.89 bits per heavy atom. The quantitative estimate of drug-likeness (QED) is 0.875. The van der Waals surface area contributed by atoms with E-state index in [-0.39, 0.29) is 0 Å². The van der Waals surface area contributed by atoms with Gasteiger partial charge in [0.15, 0.2) is 0 Å². The van der Waals surface area contributed by atoms with E-state index >= 15 is 0 Å². The van der Waals surface area contributed by atoms with Gasteiger partial charge in [0, 0.05) is 31.4 Å². The topological polar surface area (TPSA) is 35.5 Å². The zero-order chi connectivity index (χ0) is 13.9. The lowest BCUT2D eigenvalue weighted by Gasteiger charge is -2.38. The van der Waals surface area contributed by atoms with E-state index < -0.39 is 5.60 Å². The van der Waals surface area contributed by atoms with Gasteiger partial charge in [0.1, 0.15) is 0 Å². The van der Waals surface area contributed by atoms with Gasteiger partial charge >= 0.3 is 0 Å². The summed E-state index contributed by atoms with van der Waals surface area (Å²) in [6.45, 7) is 9.05. The summed E-state index contributed by atoms with van der Waals surface area (Å²) < 4.78 is 0. The lowest BCUT2D eigenvalue weighted by Crippen LogP contribution is -2.43. The van der Waals surface area contributed by atoms with Crippen LogP contribution in [0.25, 0.3) is 0 Å². The smallest absolute Gasteiger partial charge is 0.0653 e. The Morgan fingerprint density at radius 3 is 2.53 bits per heavy atom. The van der Waals surface area contributed by atoms with Gasteiger partial charge in [-0.15, -0.1) is 0 Å². The van der Waals surface area contributed by atoms with E-state index in [0.29, 0.717) is 6.04 Å². The molecule has 0 spiro atoms. The van der Waals surface area contributed by atoms with Crippen molar-refractivity contribution in [1.82, 2.24) is 5.32 Å². The van der Waals surface area contributed by atoms with Crippen LogP contribution in [-0.2, 0) is 6.54 Å². The molecule has 1 heterocycles. The summed E-state index contributed by atoms with van der Waals surface area (Å²) in [6.07, 6.45) is 1.69. The second kappa shape index (κ2) is 5.93. The van der Waals surface area contributed by atoms with Gasteiger partial charge < -0.3 is 15.3 Å². The first-order valence-corrected chi connectivity index (χ1v) is 7.26. The number of hydrogen-bond donors (Lipinski definition) is 2. The fraction of sp³-hybridized carbons (Fsp3) is 0.625. The number of nitrogens with zero attached hydrogens (tertiary/aromatic N) is 1. The average Bonchev–Trinajstić information content (AvgIpc) is 2.37. The first-order chi connectivity index (χ1) is 8.98. The van der Waals surface area contributed by atoms with E-state index in [4.69, 9.17) is 0 Å². The fourth-order valence-electron chi connectivity index (χ4n) is 2.51. The van der Waals surface area contributed by atoms with Crippen molar-refractivity contribution in [3.8, 4) is 0 Å². The molecular weight excluding hydrogens is 236 g/mol. The van der Waals surface area contributed by atoms with Crippen LogP contribution in [0.15, 0.2) is 24.3 Å². The molecule has 0 unspecified atom stereocenters. The first kappa shape index (κ1) is 14.4. The van der Waals surface area contributed by atoms with Gasteiger partial charge in [0.05, 0.1) is 5.60 Å². The molecular formula is C16H26N2O. The molecule has 1 aromatic rings. The first-order valence-electron chi connectivity index (χ1n) is 7.26. The van der Waals surface area contributed by atoms with E-state index in [0.717, 1.165) is 32.5 Å². The summed E-state index contributed by atoms with van der Waals surface area (Å²) in [7, 11) is 0. The molecule has 0 radical (unpaired) electrons. The highest BCUT2D eigenvalue weighted by Crippen LogP contribution is 2.28. The number of nitrogens with one attached hydrogen (secondary N) is 1. The largest absolute Gasteiger partial charge is 0.390 e. The summed E-state index contributed by atoms with van der Waals surface area (Å²) >= 11 is 0. The van der Waals surface area contributed by atoms with Crippen LogP contribution < -0.4 is 10.2 Å². The van der Waals surface area contributed by atoms with Crippen LogP contribution in [-0.4, -0.2) is 29.8 Å². The molecule has 0 amide bonds. The Bertz CT molecular complexity index is 405. The summed E-state index contributed by atoms with van der Waals surface area (Å²) in [5, 5.41) is 13.5. The maximum atomic E-state index is 10.0. The lowest BCUT2D eigenvalue weighted by molar-refractivity contribution is 0.0351. The number of anilines is 1. The van der Waals surface area contributed by atoms with Crippen molar-refractivity contribution < 1.29 is 5.11 Å². The van der Waals surface area contributed by atoms with E-state index in [2.05, 4.69) is 48.3 Å². The fourth-order valence-corrected chi connectivity index (χ4v) is 2.51. The molecule has 3 nitrogen and oxygen atoms in total. The number of rotatable bonds is 4. The van der Waals surface area contributed by atoms with E-state index in [1.165, 1.54) is 11.3 Å². The van der Waals surface area contributed by atoms with Crippen LogP contribution in [0.5, 0.6) is 0 Å². The summed E-state index contributed by atoms with van der Waals surface area (Å²) in [5.41, 5.74) is 2.17. The van der Waals surface area contributed by atoms with Gasteiger partial charge in [-0.1, -0.05) is 32.0 Å². The number of para-hydroxylation sites is 1. The molecule has 19 heavy (non-hydrogen) atoms. The molecule has 0 bridgehead atoms. The third-order valence-electron chi connectivity index (χ3n) is 3.87. The SMILES string of the molecule is CC(C)NCc1ccccc1N1CCC(C)(O)CC1. The van der Waals surface area contributed by atoms with Gasteiger partial charge in [-0.2, -0.15) is 0 Å². The van der Waals surface area contributed by atoms with Gasteiger partial charge in [-0.3, -0.25) is 0 Å². The normalized spacial score (nSPS) is 18.9. The maximum Gasteiger partial charge on any atom is 0.0653 e. The predicted octanol–water partition coefficient (Wildman–Crippen LogP) is 2.54. The van der Waals surface area contributed by atoms with Crippen LogP contribution in [0.1, 0.15) is 39.2 Å². The second-order valence-electron chi connectivity index (χ2n) is 6.15. The van der Waals surface area contributed by atoms with Crippen LogP contribution in [0, 0.1) is 0 Å². The van der Waals surface area contributed by atoms with Crippen LogP contribution >= 0.6 is 0 Å². The molecule has 2 N–H and O–H groups in total. The maximum absolute atomic E-state index is 10.0. The van der Waals surface area contributed by atoms with Crippen molar-refractivity contribution in [2.75, 3.05) is 18.0 Å². The van der Waals surface area contributed by atoms with Gasteiger partial charge in [0.2, 0.25) is 0 Å². The van der Waals surface area contributed by atoms with E-state index in [1.807, 2.05) is 6.92 Å². The van der Waals surface area contributed by atoms with Gasteiger partial charge in [-0.05, 0) is 31.4 Å². The minimum Gasteiger partial charge on any atom is -0.390 e. The third-order valence-corrected chi connectivity index (χ3v) is 3.87. The van der Waals surface area contributed by atoms with Crippen LogP contribution in [0.4, 0.5) is 5.69 Å². The highest BCUT2D eigenvalue weighted by Gasteiger charge is 2.27. The Kier molecular flexibility index (Phi) is 4.48. The van der Waals surface area contributed by atoms with Crippen molar-refractivity contribution >= 4 is 5.69 Å². The Morgan fingerprint density at radius 1 is 1.26 bits per heavy atom. The Hall–Kier alpha value is -1.06. The average molecular weight is 262 g/mol. The molecule has 1 aliphatic heterocycles. The molecule has 0 atom stereocenters. The Balaban J connectivity index is 2.07. The molecule has 106 valence electrons. The number of aliphatic hydroxyl groups is 1. The molecule has 1 aliphatic rings. The summed E-state index contributed by atoms with van der Waals surface area (Å²) in [6, 6.07) is 9.08. The molecule has 0 saturated carbocycles. The molecule has 0 aliphatic carbocycles. The van der Waals surface area contributed by atoms with Gasteiger partial charge in [0.25, 0.3) is 0 Å². The number of hydrogen-bond acceptors (Lipinski definition) is 3. The van der Waals surface area contributed by atoms with Crippen LogP contribution in [0.2, 0.25) is 0 Å². The third kappa shape index (κ3) is 3.95. The van der Waals surface area contributed by atoms with Crippen molar-refractivity contribution in [2.45, 2.75) is 51.8 Å². The minimum atomic E-state index is -0.484. The zero-order valence-corrected chi connectivity index (χ0v) is 12.3. The van der Waals surface area contributed by atoms with E-state index in [1.54, 1.807) is 0 Å². The second-order valence-corrected chi connectivity index (χ2v) is 6.15.